The Morgan fingerprint density at radius 3 is 2.05 bits per heavy atom. The van der Waals surface area contributed by atoms with Crippen LogP contribution in [-0.4, -0.2) is 12.2 Å². The van der Waals surface area contributed by atoms with E-state index in [1.165, 1.54) is 6.42 Å². The van der Waals surface area contributed by atoms with Crippen LogP contribution in [0.3, 0.4) is 0 Å². The molecule has 0 spiro atoms. The molecule has 3 atom stereocenters. The Hall–Kier alpha value is -0.290. The quantitative estimate of drug-likeness (QED) is 0.609. The summed E-state index contributed by atoms with van der Waals surface area (Å²) in [7, 11) is 0. The summed E-state index contributed by atoms with van der Waals surface area (Å²) in [5, 5.41) is 0. The van der Waals surface area contributed by atoms with Crippen molar-refractivity contribution in [1.29, 1.82) is 0 Å². The minimum atomic E-state index is -4.07. The molecule has 0 radical (unpaired) electrons. The summed E-state index contributed by atoms with van der Waals surface area (Å²) in [4.78, 5) is 0. The second-order valence-corrected chi connectivity index (χ2v) is 6.19. The summed E-state index contributed by atoms with van der Waals surface area (Å²) >= 11 is 0. The monoisotopic (exact) mass is 278 g/mol. The molecule has 2 aliphatic carbocycles. The maximum Gasteiger partial charge on any atom is 0.392 e. The van der Waals surface area contributed by atoms with Gasteiger partial charge < -0.3 is 0 Å². The van der Waals surface area contributed by atoms with Crippen LogP contribution in [-0.2, 0) is 0 Å². The van der Waals surface area contributed by atoms with Gasteiger partial charge in [-0.2, -0.15) is 13.2 Å². The number of halogens is 3. The topological polar surface area (TPSA) is 38.0 Å². The average molecular weight is 278 g/mol. The van der Waals surface area contributed by atoms with Crippen LogP contribution in [0.15, 0.2) is 0 Å². The number of hydrazine groups is 1. The summed E-state index contributed by atoms with van der Waals surface area (Å²) in [5.41, 5.74) is 2.74. The highest BCUT2D eigenvalue weighted by atomic mass is 19.4. The highest BCUT2D eigenvalue weighted by Crippen LogP contribution is 2.45. The Labute approximate surface area is 113 Å². The van der Waals surface area contributed by atoms with E-state index in [0.29, 0.717) is 18.8 Å². The zero-order chi connectivity index (χ0) is 13.9. The van der Waals surface area contributed by atoms with E-state index in [-0.39, 0.29) is 18.4 Å². The number of hydrogen-bond acceptors (Lipinski definition) is 2. The number of rotatable bonds is 3. The molecular formula is C14H25F3N2. The molecule has 0 aliphatic heterocycles. The first kappa shape index (κ1) is 15.1. The zero-order valence-corrected chi connectivity index (χ0v) is 11.4. The predicted molar refractivity (Wildman–Crippen MR) is 69.2 cm³/mol. The lowest BCUT2D eigenvalue weighted by Gasteiger charge is -2.42. The lowest BCUT2D eigenvalue weighted by atomic mass is 9.69. The Kier molecular flexibility index (Phi) is 5.12. The van der Waals surface area contributed by atoms with E-state index in [0.717, 1.165) is 32.1 Å². The third kappa shape index (κ3) is 3.63. The minimum absolute atomic E-state index is 0.160. The molecule has 0 bridgehead atoms. The lowest BCUT2D eigenvalue weighted by Crippen LogP contribution is -2.52. The van der Waals surface area contributed by atoms with Crippen LogP contribution < -0.4 is 11.3 Å². The highest BCUT2D eigenvalue weighted by Gasteiger charge is 2.48. The summed E-state index contributed by atoms with van der Waals surface area (Å²) in [5.74, 6) is 4.45. The molecule has 3 N–H and O–H groups in total. The van der Waals surface area contributed by atoms with E-state index in [1.54, 1.807) is 0 Å². The van der Waals surface area contributed by atoms with Crippen LogP contribution in [0.5, 0.6) is 0 Å². The van der Waals surface area contributed by atoms with Crippen LogP contribution in [0.1, 0.15) is 57.8 Å². The predicted octanol–water partition coefficient (Wildman–Crippen LogP) is 3.77. The second kappa shape index (κ2) is 6.44. The summed E-state index contributed by atoms with van der Waals surface area (Å²) in [6, 6.07) is -0.160. The number of hydrogen-bond donors (Lipinski definition) is 2. The first-order valence-electron chi connectivity index (χ1n) is 7.57. The number of alkyl halides is 3. The first-order valence-corrected chi connectivity index (χ1v) is 7.57. The fraction of sp³-hybridized carbons (Fsp3) is 1.00. The molecule has 0 aromatic carbocycles. The van der Waals surface area contributed by atoms with Crippen LogP contribution in [0.4, 0.5) is 13.2 Å². The third-order valence-electron chi connectivity index (χ3n) is 5.05. The summed E-state index contributed by atoms with van der Waals surface area (Å²) in [6.45, 7) is 0. The van der Waals surface area contributed by atoms with Crippen LogP contribution in [0, 0.1) is 17.8 Å². The van der Waals surface area contributed by atoms with Gasteiger partial charge in [0.1, 0.15) is 0 Å². The van der Waals surface area contributed by atoms with Gasteiger partial charge in [-0.3, -0.25) is 11.3 Å². The molecule has 2 fully saturated rings. The Bertz CT molecular complexity index is 274. The van der Waals surface area contributed by atoms with Gasteiger partial charge in [0, 0.05) is 6.04 Å². The molecule has 2 aliphatic rings. The van der Waals surface area contributed by atoms with E-state index in [1.807, 2.05) is 0 Å². The van der Waals surface area contributed by atoms with Crippen LogP contribution in [0.25, 0.3) is 0 Å². The Balaban J connectivity index is 2.09. The van der Waals surface area contributed by atoms with Crippen molar-refractivity contribution in [3.05, 3.63) is 0 Å². The molecule has 112 valence electrons. The lowest BCUT2D eigenvalue weighted by molar-refractivity contribution is -0.201. The molecule has 0 heterocycles. The van der Waals surface area contributed by atoms with E-state index in [4.69, 9.17) is 5.84 Å². The second-order valence-electron chi connectivity index (χ2n) is 6.19. The third-order valence-corrected chi connectivity index (χ3v) is 5.05. The van der Waals surface area contributed by atoms with E-state index < -0.39 is 12.1 Å². The standard InChI is InChI=1S/C14H25F3N2/c15-14(16,17)12-9-5-4-8-11(12)13(19-18)10-6-2-1-3-7-10/h10-13,19H,1-9,18H2. The Morgan fingerprint density at radius 2 is 1.47 bits per heavy atom. The molecular weight excluding hydrogens is 253 g/mol. The fourth-order valence-corrected chi connectivity index (χ4v) is 4.10. The van der Waals surface area contributed by atoms with Gasteiger partial charge >= 0.3 is 6.18 Å². The van der Waals surface area contributed by atoms with E-state index >= 15 is 0 Å². The molecule has 3 unspecified atom stereocenters. The highest BCUT2D eigenvalue weighted by molar-refractivity contribution is 4.91. The van der Waals surface area contributed by atoms with Crippen molar-refractivity contribution >= 4 is 0 Å². The average Bonchev–Trinajstić information content (AvgIpc) is 2.40. The molecule has 0 saturated heterocycles. The van der Waals surface area contributed by atoms with Crippen molar-refractivity contribution in [2.24, 2.45) is 23.6 Å². The van der Waals surface area contributed by atoms with Gasteiger partial charge in [0.15, 0.2) is 0 Å². The minimum Gasteiger partial charge on any atom is -0.271 e. The van der Waals surface area contributed by atoms with Crippen LogP contribution >= 0.6 is 0 Å². The van der Waals surface area contributed by atoms with Gasteiger partial charge in [-0.1, -0.05) is 32.1 Å². The molecule has 0 aromatic heterocycles. The molecule has 5 heteroatoms. The molecule has 2 saturated carbocycles. The van der Waals surface area contributed by atoms with Gasteiger partial charge in [0.25, 0.3) is 0 Å². The Morgan fingerprint density at radius 1 is 0.895 bits per heavy atom. The van der Waals surface area contributed by atoms with Gasteiger partial charge in [-0.25, -0.2) is 0 Å². The van der Waals surface area contributed by atoms with Crippen molar-refractivity contribution in [3.8, 4) is 0 Å². The van der Waals surface area contributed by atoms with E-state index in [2.05, 4.69) is 5.43 Å². The van der Waals surface area contributed by atoms with Crippen molar-refractivity contribution in [2.45, 2.75) is 70.0 Å². The number of nitrogens with one attached hydrogen (secondary N) is 1. The van der Waals surface area contributed by atoms with Gasteiger partial charge in [0.05, 0.1) is 5.92 Å². The normalized spacial score (nSPS) is 32.2. The van der Waals surface area contributed by atoms with E-state index in [9.17, 15) is 13.2 Å². The van der Waals surface area contributed by atoms with Gasteiger partial charge in [-0.05, 0) is 37.5 Å². The summed E-state index contributed by atoms with van der Waals surface area (Å²) < 4.78 is 39.6. The first-order chi connectivity index (χ1) is 9.04. The van der Waals surface area contributed by atoms with Crippen molar-refractivity contribution in [2.75, 3.05) is 0 Å². The largest absolute Gasteiger partial charge is 0.392 e. The van der Waals surface area contributed by atoms with Gasteiger partial charge in [-0.15, -0.1) is 0 Å². The molecule has 2 nitrogen and oxygen atoms in total. The van der Waals surface area contributed by atoms with Crippen LogP contribution in [0.2, 0.25) is 0 Å². The number of nitrogens with two attached hydrogens (primary N) is 1. The van der Waals surface area contributed by atoms with Crippen molar-refractivity contribution < 1.29 is 13.2 Å². The SMILES string of the molecule is NNC(C1CCCCC1)C1CCCCC1C(F)(F)F. The smallest absolute Gasteiger partial charge is 0.271 e. The molecule has 0 amide bonds. The molecule has 19 heavy (non-hydrogen) atoms. The van der Waals surface area contributed by atoms with Crippen molar-refractivity contribution in [3.63, 3.8) is 0 Å². The van der Waals surface area contributed by atoms with Crippen molar-refractivity contribution in [1.82, 2.24) is 5.43 Å². The molecule has 0 aromatic rings. The molecule has 2 rings (SSSR count). The maximum absolute atomic E-state index is 13.2. The fourth-order valence-electron chi connectivity index (χ4n) is 4.10. The summed E-state index contributed by atoms with van der Waals surface area (Å²) in [6.07, 6.45) is 3.99. The zero-order valence-electron chi connectivity index (χ0n) is 11.4. The maximum atomic E-state index is 13.2. The van der Waals surface area contributed by atoms with Gasteiger partial charge in [0.2, 0.25) is 0 Å².